The van der Waals surface area contributed by atoms with Crippen LogP contribution >= 0.6 is 50.4 Å². The van der Waals surface area contributed by atoms with Gasteiger partial charge >= 0.3 is 0 Å². The minimum atomic E-state index is -0.139. The van der Waals surface area contributed by atoms with Crippen molar-refractivity contribution in [2.45, 2.75) is 4.90 Å². The van der Waals surface area contributed by atoms with Crippen LogP contribution in [0.1, 0.15) is 9.67 Å². The largest absolute Gasteiger partial charge is 0.321 e. The van der Waals surface area contributed by atoms with Gasteiger partial charge in [0.15, 0.2) is 5.13 Å². The molecule has 0 radical (unpaired) electrons. The molecular weight excluding hydrogens is 514 g/mol. The molecule has 156 valence electrons. The highest BCUT2D eigenvalue weighted by atomic mass is 79.9. The summed E-state index contributed by atoms with van der Waals surface area (Å²) in [7, 11) is 0. The van der Waals surface area contributed by atoms with Crippen LogP contribution in [-0.2, 0) is 4.79 Å². The fourth-order valence-electron chi connectivity index (χ4n) is 2.65. The monoisotopic (exact) mass is 529 g/mol. The van der Waals surface area contributed by atoms with Gasteiger partial charge in [-0.2, -0.15) is 0 Å². The molecule has 4 rings (SSSR count). The van der Waals surface area contributed by atoms with Crippen LogP contribution in [-0.4, -0.2) is 22.6 Å². The number of thioether (sulfide) groups is 1. The average molecular weight is 530 g/mol. The van der Waals surface area contributed by atoms with Crippen molar-refractivity contribution in [3.05, 3.63) is 80.8 Å². The molecule has 0 unspecified atom stereocenters. The van der Waals surface area contributed by atoms with Gasteiger partial charge < -0.3 is 10.6 Å². The Morgan fingerprint density at radius 2 is 1.84 bits per heavy atom. The van der Waals surface area contributed by atoms with E-state index in [0.717, 1.165) is 20.6 Å². The number of anilines is 2. The van der Waals surface area contributed by atoms with Crippen molar-refractivity contribution in [2.75, 3.05) is 16.4 Å². The van der Waals surface area contributed by atoms with Crippen molar-refractivity contribution in [3.8, 4) is 11.3 Å². The average Bonchev–Trinajstić information content (AvgIpc) is 3.46. The number of halogens is 1. The molecule has 0 bridgehead atoms. The number of aromatic nitrogens is 1. The molecule has 0 aliphatic rings. The first kappa shape index (κ1) is 21.8. The van der Waals surface area contributed by atoms with Crippen molar-refractivity contribution in [2.24, 2.45) is 0 Å². The minimum Gasteiger partial charge on any atom is -0.321 e. The maximum absolute atomic E-state index is 12.4. The lowest BCUT2D eigenvalue weighted by Gasteiger charge is -2.06. The number of hydrogen-bond acceptors (Lipinski definition) is 6. The molecule has 9 heteroatoms. The van der Waals surface area contributed by atoms with E-state index in [1.165, 1.54) is 34.4 Å². The number of hydrogen-bond donors (Lipinski definition) is 2. The Morgan fingerprint density at radius 3 is 2.61 bits per heavy atom. The molecular formula is C22H16BrN3O2S3. The van der Waals surface area contributed by atoms with Crippen LogP contribution < -0.4 is 10.6 Å². The van der Waals surface area contributed by atoms with Gasteiger partial charge in [-0.05, 0) is 41.8 Å². The Labute approximate surface area is 200 Å². The topological polar surface area (TPSA) is 71.1 Å². The van der Waals surface area contributed by atoms with Gasteiger partial charge in [-0.15, -0.1) is 34.4 Å². The molecule has 2 aromatic carbocycles. The predicted molar refractivity (Wildman–Crippen MR) is 133 cm³/mol. The summed E-state index contributed by atoms with van der Waals surface area (Å²) in [5, 5.41) is 10.1. The minimum absolute atomic E-state index is 0.130. The molecule has 5 nitrogen and oxygen atoms in total. The third-order valence-corrected chi connectivity index (χ3v) is 7.25. The highest BCUT2D eigenvalue weighted by molar-refractivity contribution is 9.10. The van der Waals surface area contributed by atoms with E-state index in [1.807, 2.05) is 65.4 Å². The van der Waals surface area contributed by atoms with Gasteiger partial charge in [0.25, 0.3) is 5.91 Å². The second-order valence-electron chi connectivity index (χ2n) is 6.34. The summed E-state index contributed by atoms with van der Waals surface area (Å²) >= 11 is 7.61. The first-order valence-electron chi connectivity index (χ1n) is 9.16. The van der Waals surface area contributed by atoms with E-state index < -0.39 is 0 Å². The number of amides is 2. The number of nitrogens with zero attached hydrogens (tertiary/aromatic N) is 1. The first-order chi connectivity index (χ1) is 15.1. The fraction of sp³-hybridized carbons (Fsp3) is 0.0455. The van der Waals surface area contributed by atoms with Gasteiger partial charge in [-0.3, -0.25) is 9.59 Å². The van der Waals surface area contributed by atoms with Crippen LogP contribution in [0.25, 0.3) is 11.3 Å². The highest BCUT2D eigenvalue weighted by Gasteiger charge is 2.10. The van der Waals surface area contributed by atoms with Gasteiger partial charge in [-0.1, -0.05) is 40.2 Å². The molecule has 31 heavy (non-hydrogen) atoms. The molecule has 0 atom stereocenters. The number of carbonyl (C=O) groups is 2. The lowest BCUT2D eigenvalue weighted by Crippen LogP contribution is -2.13. The molecule has 4 aromatic rings. The van der Waals surface area contributed by atoms with Gasteiger partial charge in [0.1, 0.15) is 0 Å². The van der Waals surface area contributed by atoms with Crippen LogP contribution in [0.2, 0.25) is 0 Å². The maximum atomic E-state index is 12.4. The second kappa shape index (κ2) is 10.2. The Balaban J connectivity index is 1.31. The van der Waals surface area contributed by atoms with Gasteiger partial charge in [0, 0.05) is 26.0 Å². The number of thiazole rings is 1. The van der Waals surface area contributed by atoms with Crippen LogP contribution in [0, 0.1) is 0 Å². The SMILES string of the molecule is O=C(CSc1cccc(NC(=O)c2cccs2)c1)Nc1nc(-c2ccc(Br)cc2)cs1. The predicted octanol–water partition coefficient (Wildman–Crippen LogP) is 6.62. The van der Waals surface area contributed by atoms with Crippen LogP contribution in [0.3, 0.4) is 0 Å². The van der Waals surface area contributed by atoms with E-state index in [9.17, 15) is 9.59 Å². The van der Waals surface area contributed by atoms with E-state index >= 15 is 0 Å². The summed E-state index contributed by atoms with van der Waals surface area (Å²) in [5.74, 6) is -0.0230. The van der Waals surface area contributed by atoms with Crippen LogP contribution in [0.4, 0.5) is 10.8 Å². The number of thiophene rings is 1. The fourth-order valence-corrected chi connectivity index (χ4v) is 5.03. The molecule has 0 aliphatic carbocycles. The summed E-state index contributed by atoms with van der Waals surface area (Å²) < 4.78 is 1.01. The standard InChI is InChI=1S/C22H16BrN3O2S3/c23-15-8-6-14(7-9-15)18-12-31-22(25-18)26-20(27)13-30-17-4-1-3-16(11-17)24-21(28)19-5-2-10-29-19/h1-12H,13H2,(H,24,28)(H,25,26,27). The number of rotatable bonds is 7. The normalized spacial score (nSPS) is 10.6. The van der Waals surface area contributed by atoms with Crippen LogP contribution in [0.15, 0.2) is 80.8 Å². The molecule has 0 saturated carbocycles. The van der Waals surface area contributed by atoms with Crippen molar-refractivity contribution >= 4 is 73.0 Å². The van der Waals surface area contributed by atoms with Crippen molar-refractivity contribution < 1.29 is 9.59 Å². The quantitative estimate of drug-likeness (QED) is 0.264. The van der Waals surface area contributed by atoms with E-state index in [1.54, 1.807) is 6.07 Å². The molecule has 2 amide bonds. The Morgan fingerprint density at radius 1 is 1.00 bits per heavy atom. The first-order valence-corrected chi connectivity index (χ1v) is 12.7. The van der Waals surface area contributed by atoms with E-state index in [-0.39, 0.29) is 17.6 Å². The zero-order chi connectivity index (χ0) is 21.6. The van der Waals surface area contributed by atoms with Crippen molar-refractivity contribution in [1.82, 2.24) is 4.98 Å². The lowest BCUT2D eigenvalue weighted by molar-refractivity contribution is -0.113. The summed E-state index contributed by atoms with van der Waals surface area (Å²) in [6, 6.07) is 19.0. The molecule has 0 spiro atoms. The van der Waals surface area contributed by atoms with E-state index in [0.29, 0.717) is 15.7 Å². The molecule has 0 aliphatic heterocycles. The zero-order valence-electron chi connectivity index (χ0n) is 16.0. The third kappa shape index (κ3) is 6.04. The lowest BCUT2D eigenvalue weighted by atomic mass is 10.2. The molecule has 2 heterocycles. The van der Waals surface area contributed by atoms with Gasteiger partial charge in [0.2, 0.25) is 5.91 Å². The van der Waals surface area contributed by atoms with Crippen molar-refractivity contribution in [3.63, 3.8) is 0 Å². The second-order valence-corrected chi connectivity index (χ2v) is 10.1. The number of nitrogens with one attached hydrogen (secondary N) is 2. The Kier molecular flexibility index (Phi) is 7.18. The van der Waals surface area contributed by atoms with Gasteiger partial charge in [0.05, 0.1) is 16.3 Å². The maximum Gasteiger partial charge on any atom is 0.265 e. The number of benzene rings is 2. The van der Waals surface area contributed by atoms with Crippen LogP contribution in [0.5, 0.6) is 0 Å². The summed E-state index contributed by atoms with van der Waals surface area (Å²) in [5.41, 5.74) is 2.52. The third-order valence-electron chi connectivity index (χ3n) is 4.10. The van der Waals surface area contributed by atoms with E-state index in [2.05, 4.69) is 31.5 Å². The number of carbonyl (C=O) groups excluding carboxylic acids is 2. The summed E-state index contributed by atoms with van der Waals surface area (Å²) in [6.07, 6.45) is 0. The smallest absolute Gasteiger partial charge is 0.265 e. The molecule has 2 N–H and O–H groups in total. The highest BCUT2D eigenvalue weighted by Crippen LogP contribution is 2.27. The molecule has 0 saturated heterocycles. The summed E-state index contributed by atoms with van der Waals surface area (Å²) in [4.78, 5) is 30.6. The molecule has 2 aromatic heterocycles. The zero-order valence-corrected chi connectivity index (χ0v) is 20.0. The Bertz CT molecular complexity index is 1190. The van der Waals surface area contributed by atoms with Gasteiger partial charge in [-0.25, -0.2) is 4.98 Å². The summed E-state index contributed by atoms with van der Waals surface area (Å²) in [6.45, 7) is 0. The van der Waals surface area contributed by atoms with Crippen molar-refractivity contribution in [1.29, 1.82) is 0 Å². The van der Waals surface area contributed by atoms with E-state index in [4.69, 9.17) is 0 Å². The molecule has 0 fully saturated rings. The Hall–Kier alpha value is -2.46.